The van der Waals surface area contributed by atoms with E-state index in [9.17, 15) is 13.2 Å². The van der Waals surface area contributed by atoms with Gasteiger partial charge in [0.1, 0.15) is 15.6 Å². The Hall–Kier alpha value is -3.09. The Balaban J connectivity index is 1.40. The minimum Gasteiger partial charge on any atom is -0.465 e. The van der Waals surface area contributed by atoms with E-state index in [0.717, 1.165) is 17.0 Å². The number of hydrogen-bond donors (Lipinski definition) is 1. The normalized spacial score (nSPS) is 14.9. The van der Waals surface area contributed by atoms with E-state index in [4.69, 9.17) is 4.74 Å². The number of pyridine rings is 1. The number of nitrogens with one attached hydrogen (secondary N) is 1. The number of esters is 1. The zero-order valence-electron chi connectivity index (χ0n) is 17.6. The number of piperazine rings is 1. The first-order valence-corrected chi connectivity index (χ1v) is 12.2. The lowest BCUT2D eigenvalue weighted by atomic mass is 10.3. The lowest BCUT2D eigenvalue weighted by Gasteiger charge is -2.34. The Kier molecular flexibility index (Phi) is 6.35. The third-order valence-corrected chi connectivity index (χ3v) is 7.94. The average Bonchev–Trinajstić information content (AvgIpc) is 3.30. The third-order valence-electron chi connectivity index (χ3n) is 4.98. The molecule has 0 atom stereocenters. The molecule has 1 N–H and O–H groups in total. The van der Waals surface area contributed by atoms with Crippen molar-refractivity contribution < 1.29 is 17.9 Å². The first-order chi connectivity index (χ1) is 15.4. The summed E-state index contributed by atoms with van der Waals surface area (Å²) < 4.78 is 32.2. The second-order valence-corrected chi connectivity index (χ2v) is 9.89. The molecule has 32 heavy (non-hydrogen) atoms. The van der Waals surface area contributed by atoms with E-state index in [-0.39, 0.29) is 22.9 Å². The molecule has 4 heterocycles. The van der Waals surface area contributed by atoms with Crippen LogP contribution in [0, 0.1) is 6.92 Å². The van der Waals surface area contributed by atoms with E-state index in [2.05, 4.69) is 20.5 Å². The molecule has 0 radical (unpaired) electrons. The Morgan fingerprint density at radius 2 is 1.84 bits per heavy atom. The van der Waals surface area contributed by atoms with Crippen LogP contribution in [-0.2, 0) is 14.8 Å². The molecule has 1 aliphatic rings. The number of sulfonamides is 1. The van der Waals surface area contributed by atoms with Crippen LogP contribution < -0.4 is 10.2 Å². The topological polar surface area (TPSA) is 118 Å². The number of hydrogen-bond acceptors (Lipinski definition) is 10. The molecule has 4 rings (SSSR count). The standard InChI is InChI=1S/C20H22N6O4S2/c1-14-4-3-5-16(21-14)22-17-6-7-18(24-23-17)25-9-11-26(12-10-25)32(28,29)15-8-13-31-19(15)20(27)30-2/h3-8,13H,9-12H2,1-2H3,(H,21,22,23). The molecule has 1 saturated heterocycles. The van der Waals surface area contributed by atoms with Crippen LogP contribution >= 0.6 is 11.3 Å². The Morgan fingerprint density at radius 3 is 2.50 bits per heavy atom. The van der Waals surface area contributed by atoms with Gasteiger partial charge in [-0.2, -0.15) is 4.31 Å². The first kappa shape index (κ1) is 22.1. The fraction of sp³-hybridized carbons (Fsp3) is 0.300. The smallest absolute Gasteiger partial charge is 0.349 e. The van der Waals surface area contributed by atoms with Crippen LogP contribution in [0.3, 0.4) is 0 Å². The number of carbonyl (C=O) groups excluding carboxylic acids is 1. The molecule has 0 amide bonds. The molecule has 3 aromatic rings. The summed E-state index contributed by atoms with van der Waals surface area (Å²) in [6.45, 7) is 3.37. The van der Waals surface area contributed by atoms with Gasteiger partial charge in [-0.25, -0.2) is 18.2 Å². The molecular weight excluding hydrogens is 452 g/mol. The Morgan fingerprint density at radius 1 is 1.06 bits per heavy atom. The maximum Gasteiger partial charge on any atom is 0.349 e. The average molecular weight is 475 g/mol. The number of aromatic nitrogens is 3. The molecule has 0 spiro atoms. The van der Waals surface area contributed by atoms with E-state index in [0.29, 0.717) is 30.5 Å². The van der Waals surface area contributed by atoms with Gasteiger partial charge in [0, 0.05) is 31.9 Å². The van der Waals surface area contributed by atoms with Gasteiger partial charge in [-0.05, 0) is 42.6 Å². The van der Waals surface area contributed by atoms with E-state index in [1.807, 2.05) is 42.2 Å². The fourth-order valence-electron chi connectivity index (χ4n) is 3.34. The zero-order chi connectivity index (χ0) is 22.7. The van der Waals surface area contributed by atoms with Crippen LogP contribution in [0.2, 0.25) is 0 Å². The van der Waals surface area contributed by atoms with Crippen LogP contribution in [-0.4, -0.2) is 67.2 Å². The highest BCUT2D eigenvalue weighted by Gasteiger charge is 2.33. The van der Waals surface area contributed by atoms with Crippen LogP contribution in [0.15, 0.2) is 46.7 Å². The summed E-state index contributed by atoms with van der Waals surface area (Å²) in [5.74, 6) is 1.27. The van der Waals surface area contributed by atoms with E-state index in [1.165, 1.54) is 17.5 Å². The lowest BCUT2D eigenvalue weighted by molar-refractivity contribution is 0.0602. The minimum atomic E-state index is -3.79. The molecule has 10 nitrogen and oxygen atoms in total. The number of rotatable bonds is 6. The predicted octanol–water partition coefficient (Wildman–Crippen LogP) is 2.28. The van der Waals surface area contributed by atoms with Crippen LogP contribution in [0.5, 0.6) is 0 Å². The molecule has 0 bridgehead atoms. The SMILES string of the molecule is COC(=O)c1sccc1S(=O)(=O)N1CCN(c2ccc(Nc3cccc(C)n3)nn2)CC1. The van der Waals surface area contributed by atoms with Crippen molar-refractivity contribution in [1.82, 2.24) is 19.5 Å². The van der Waals surface area contributed by atoms with Crippen LogP contribution in [0.25, 0.3) is 0 Å². The van der Waals surface area contributed by atoms with Gasteiger partial charge >= 0.3 is 5.97 Å². The van der Waals surface area contributed by atoms with Gasteiger partial charge in [0.05, 0.1) is 7.11 Å². The van der Waals surface area contributed by atoms with Crippen LogP contribution in [0.4, 0.5) is 17.5 Å². The lowest BCUT2D eigenvalue weighted by Crippen LogP contribution is -2.49. The number of carbonyl (C=O) groups is 1. The Labute approximate surface area is 189 Å². The molecule has 0 aromatic carbocycles. The molecule has 0 unspecified atom stereocenters. The molecule has 0 saturated carbocycles. The summed E-state index contributed by atoms with van der Waals surface area (Å²) in [6.07, 6.45) is 0. The van der Waals surface area contributed by atoms with Gasteiger partial charge in [-0.1, -0.05) is 6.07 Å². The number of nitrogens with zero attached hydrogens (tertiary/aromatic N) is 5. The van der Waals surface area contributed by atoms with E-state index < -0.39 is 16.0 Å². The second-order valence-electron chi connectivity index (χ2n) is 7.06. The summed E-state index contributed by atoms with van der Waals surface area (Å²) in [6, 6.07) is 10.8. The summed E-state index contributed by atoms with van der Waals surface area (Å²) in [5, 5.41) is 13.2. The second kappa shape index (κ2) is 9.18. The largest absolute Gasteiger partial charge is 0.465 e. The number of ether oxygens (including phenoxy) is 1. The highest BCUT2D eigenvalue weighted by molar-refractivity contribution is 7.89. The molecule has 1 aliphatic heterocycles. The zero-order valence-corrected chi connectivity index (χ0v) is 19.2. The number of anilines is 3. The fourth-order valence-corrected chi connectivity index (χ4v) is 6.07. The highest BCUT2D eigenvalue weighted by Crippen LogP contribution is 2.27. The summed E-state index contributed by atoms with van der Waals surface area (Å²) in [7, 11) is -2.56. The van der Waals surface area contributed by atoms with Gasteiger partial charge in [-0.15, -0.1) is 21.5 Å². The quantitative estimate of drug-likeness (QED) is 0.537. The van der Waals surface area contributed by atoms with E-state index >= 15 is 0 Å². The van der Waals surface area contributed by atoms with Gasteiger partial charge < -0.3 is 15.0 Å². The molecule has 12 heteroatoms. The third kappa shape index (κ3) is 4.56. The molecule has 0 aliphatic carbocycles. The first-order valence-electron chi connectivity index (χ1n) is 9.84. The van der Waals surface area contributed by atoms with Crippen molar-refractivity contribution in [3.05, 3.63) is 52.3 Å². The van der Waals surface area contributed by atoms with Gasteiger partial charge in [0.15, 0.2) is 11.6 Å². The molecule has 3 aromatic heterocycles. The molecular formula is C20H22N6O4S2. The van der Waals surface area contributed by atoms with Crippen molar-refractivity contribution in [2.45, 2.75) is 11.8 Å². The van der Waals surface area contributed by atoms with Crippen LogP contribution in [0.1, 0.15) is 15.4 Å². The van der Waals surface area contributed by atoms with Crippen molar-refractivity contribution >= 4 is 44.8 Å². The van der Waals surface area contributed by atoms with Crippen molar-refractivity contribution in [2.75, 3.05) is 43.5 Å². The predicted molar refractivity (Wildman–Crippen MR) is 121 cm³/mol. The number of thiophene rings is 1. The van der Waals surface area contributed by atoms with Gasteiger partial charge in [-0.3, -0.25) is 0 Å². The van der Waals surface area contributed by atoms with Crippen molar-refractivity contribution in [2.24, 2.45) is 0 Å². The van der Waals surface area contributed by atoms with Gasteiger partial charge in [0.25, 0.3) is 0 Å². The van der Waals surface area contributed by atoms with E-state index in [1.54, 1.807) is 5.38 Å². The minimum absolute atomic E-state index is 0.0113. The Bertz CT molecular complexity index is 1200. The summed E-state index contributed by atoms with van der Waals surface area (Å²) in [4.78, 5) is 18.3. The van der Waals surface area contributed by atoms with Crippen molar-refractivity contribution in [1.29, 1.82) is 0 Å². The monoisotopic (exact) mass is 474 g/mol. The summed E-state index contributed by atoms with van der Waals surface area (Å²) in [5.41, 5.74) is 0.897. The highest BCUT2D eigenvalue weighted by atomic mass is 32.2. The van der Waals surface area contributed by atoms with Crippen molar-refractivity contribution in [3.8, 4) is 0 Å². The van der Waals surface area contributed by atoms with Gasteiger partial charge in [0.2, 0.25) is 10.0 Å². The maximum absolute atomic E-state index is 13.0. The number of methoxy groups -OCH3 is 1. The molecule has 1 fully saturated rings. The molecule has 168 valence electrons. The number of aryl methyl sites for hydroxylation is 1. The maximum atomic E-state index is 13.0. The summed E-state index contributed by atoms with van der Waals surface area (Å²) >= 11 is 1.05. The van der Waals surface area contributed by atoms with Crippen molar-refractivity contribution in [3.63, 3.8) is 0 Å².